The van der Waals surface area contributed by atoms with E-state index in [-0.39, 0.29) is 18.5 Å². The van der Waals surface area contributed by atoms with Gasteiger partial charge in [-0.1, -0.05) is 23.7 Å². The van der Waals surface area contributed by atoms with E-state index in [1.807, 2.05) is 25.1 Å². The minimum absolute atomic E-state index is 0.0299. The van der Waals surface area contributed by atoms with Crippen LogP contribution in [0.15, 0.2) is 46.9 Å². The lowest BCUT2D eigenvalue weighted by Crippen LogP contribution is -2.30. The quantitative estimate of drug-likeness (QED) is 0.759. The second-order valence-electron chi connectivity index (χ2n) is 5.06. The van der Waals surface area contributed by atoms with E-state index in [1.165, 1.54) is 0 Å². The normalized spacial score (nSPS) is 11.8. The molecule has 0 aliphatic rings. The number of methoxy groups -OCH3 is 1. The van der Waals surface area contributed by atoms with Gasteiger partial charge in [-0.15, -0.1) is 0 Å². The molecule has 0 bridgehead atoms. The van der Waals surface area contributed by atoms with Crippen molar-refractivity contribution >= 4 is 39.1 Å². The van der Waals surface area contributed by atoms with Crippen molar-refractivity contribution in [3.8, 4) is 5.75 Å². The summed E-state index contributed by atoms with van der Waals surface area (Å²) in [5, 5.41) is 6.59. The van der Waals surface area contributed by atoms with Gasteiger partial charge in [0.2, 0.25) is 5.91 Å². The highest BCUT2D eigenvalue weighted by Crippen LogP contribution is 2.27. The minimum atomic E-state index is -0.119. The number of ether oxygens (including phenoxy) is 1. The van der Waals surface area contributed by atoms with Crippen LogP contribution in [-0.2, 0) is 4.79 Å². The van der Waals surface area contributed by atoms with Crippen LogP contribution >= 0.6 is 27.5 Å². The van der Waals surface area contributed by atoms with E-state index >= 15 is 0 Å². The molecule has 1 amide bonds. The van der Waals surface area contributed by atoms with E-state index < -0.39 is 0 Å². The van der Waals surface area contributed by atoms with Crippen LogP contribution in [0, 0.1) is 0 Å². The SMILES string of the molecule is COc1ccc(C(C)NCC(=O)Nc2cccc(Cl)c2)cc1Br. The monoisotopic (exact) mass is 396 g/mol. The van der Waals surface area contributed by atoms with Crippen LogP contribution in [0.5, 0.6) is 5.75 Å². The third kappa shape index (κ3) is 5.23. The molecule has 2 aromatic carbocycles. The van der Waals surface area contributed by atoms with Crippen molar-refractivity contribution in [2.75, 3.05) is 19.0 Å². The highest BCUT2D eigenvalue weighted by Gasteiger charge is 2.10. The fourth-order valence-corrected chi connectivity index (χ4v) is 2.84. The van der Waals surface area contributed by atoms with Crippen molar-refractivity contribution < 1.29 is 9.53 Å². The number of halogens is 2. The molecule has 0 spiro atoms. The molecule has 0 radical (unpaired) electrons. The molecule has 0 saturated carbocycles. The van der Waals surface area contributed by atoms with Crippen LogP contribution in [0.3, 0.4) is 0 Å². The van der Waals surface area contributed by atoms with Gasteiger partial charge in [-0.2, -0.15) is 0 Å². The molecule has 0 fully saturated rings. The Morgan fingerprint density at radius 1 is 1.30 bits per heavy atom. The summed E-state index contributed by atoms with van der Waals surface area (Å²) in [4.78, 5) is 12.0. The fourth-order valence-electron chi connectivity index (χ4n) is 2.09. The van der Waals surface area contributed by atoms with Crippen LogP contribution in [0.4, 0.5) is 5.69 Å². The number of hydrogen-bond donors (Lipinski definition) is 2. The summed E-state index contributed by atoms with van der Waals surface area (Å²) >= 11 is 9.36. The molecule has 0 heterocycles. The standard InChI is InChI=1S/C17H18BrClN2O2/c1-11(12-6-7-16(23-2)15(18)8-12)20-10-17(22)21-14-5-3-4-13(19)9-14/h3-9,11,20H,10H2,1-2H3,(H,21,22). The highest BCUT2D eigenvalue weighted by atomic mass is 79.9. The molecule has 0 aromatic heterocycles. The summed E-state index contributed by atoms with van der Waals surface area (Å²) in [5.41, 5.74) is 1.75. The first-order valence-corrected chi connectivity index (χ1v) is 8.29. The Balaban J connectivity index is 1.89. The maximum absolute atomic E-state index is 12.0. The van der Waals surface area contributed by atoms with Gasteiger partial charge in [-0.3, -0.25) is 4.79 Å². The number of benzene rings is 2. The molecule has 2 aromatic rings. The minimum Gasteiger partial charge on any atom is -0.496 e. The van der Waals surface area contributed by atoms with Gasteiger partial charge in [0.25, 0.3) is 0 Å². The van der Waals surface area contributed by atoms with Crippen molar-refractivity contribution in [1.29, 1.82) is 0 Å². The van der Waals surface area contributed by atoms with Gasteiger partial charge in [0.15, 0.2) is 0 Å². The Kier molecular flexibility index (Phi) is 6.45. The fraction of sp³-hybridized carbons (Fsp3) is 0.235. The topological polar surface area (TPSA) is 50.4 Å². The first-order chi connectivity index (χ1) is 11.0. The molecule has 2 N–H and O–H groups in total. The zero-order valence-corrected chi connectivity index (χ0v) is 15.2. The summed E-state index contributed by atoms with van der Waals surface area (Å²) in [6.45, 7) is 2.21. The summed E-state index contributed by atoms with van der Waals surface area (Å²) in [5.74, 6) is 0.659. The van der Waals surface area contributed by atoms with E-state index in [9.17, 15) is 4.79 Å². The lowest BCUT2D eigenvalue weighted by Gasteiger charge is -2.15. The predicted molar refractivity (Wildman–Crippen MR) is 97.2 cm³/mol. The van der Waals surface area contributed by atoms with Crippen LogP contribution < -0.4 is 15.4 Å². The average Bonchev–Trinajstić information content (AvgIpc) is 2.52. The molecular formula is C17H18BrClN2O2. The third-order valence-electron chi connectivity index (χ3n) is 3.35. The van der Waals surface area contributed by atoms with E-state index in [0.29, 0.717) is 10.7 Å². The number of anilines is 1. The summed E-state index contributed by atoms with van der Waals surface area (Å²) < 4.78 is 6.10. The van der Waals surface area contributed by atoms with Crippen molar-refractivity contribution in [3.63, 3.8) is 0 Å². The Labute approximate surface area is 149 Å². The maximum atomic E-state index is 12.0. The lowest BCUT2D eigenvalue weighted by molar-refractivity contribution is -0.115. The average molecular weight is 398 g/mol. The number of carbonyl (C=O) groups excluding carboxylic acids is 1. The van der Waals surface area contributed by atoms with E-state index in [1.54, 1.807) is 31.4 Å². The molecule has 23 heavy (non-hydrogen) atoms. The first-order valence-electron chi connectivity index (χ1n) is 7.12. The number of amides is 1. The van der Waals surface area contributed by atoms with Crippen LogP contribution in [0.25, 0.3) is 0 Å². The van der Waals surface area contributed by atoms with Gasteiger partial charge in [-0.05, 0) is 58.7 Å². The van der Waals surface area contributed by atoms with E-state index in [0.717, 1.165) is 15.8 Å². The van der Waals surface area contributed by atoms with Crippen molar-refractivity contribution in [2.24, 2.45) is 0 Å². The molecule has 122 valence electrons. The smallest absolute Gasteiger partial charge is 0.238 e. The van der Waals surface area contributed by atoms with Crippen LogP contribution in [-0.4, -0.2) is 19.6 Å². The number of nitrogens with one attached hydrogen (secondary N) is 2. The zero-order chi connectivity index (χ0) is 16.8. The molecule has 0 aliphatic heterocycles. The highest BCUT2D eigenvalue weighted by molar-refractivity contribution is 9.10. The molecule has 0 aliphatic carbocycles. The molecule has 1 atom stereocenters. The Morgan fingerprint density at radius 2 is 2.09 bits per heavy atom. The molecule has 4 nitrogen and oxygen atoms in total. The third-order valence-corrected chi connectivity index (χ3v) is 4.21. The predicted octanol–water partition coefficient (Wildman–Crippen LogP) is 4.40. The molecular weight excluding hydrogens is 380 g/mol. The molecule has 2 rings (SSSR count). The lowest BCUT2D eigenvalue weighted by atomic mass is 10.1. The summed E-state index contributed by atoms with van der Waals surface area (Å²) in [6.07, 6.45) is 0. The van der Waals surface area contributed by atoms with Gasteiger partial charge in [0.05, 0.1) is 18.1 Å². The van der Waals surface area contributed by atoms with E-state index in [2.05, 4.69) is 26.6 Å². The van der Waals surface area contributed by atoms with Crippen LogP contribution in [0.2, 0.25) is 5.02 Å². The van der Waals surface area contributed by atoms with E-state index in [4.69, 9.17) is 16.3 Å². The number of carbonyl (C=O) groups is 1. The number of hydrogen-bond acceptors (Lipinski definition) is 3. The number of rotatable bonds is 6. The van der Waals surface area contributed by atoms with Gasteiger partial charge >= 0.3 is 0 Å². The van der Waals surface area contributed by atoms with Gasteiger partial charge in [-0.25, -0.2) is 0 Å². The van der Waals surface area contributed by atoms with Crippen LogP contribution in [0.1, 0.15) is 18.5 Å². The molecule has 1 unspecified atom stereocenters. The van der Waals surface area contributed by atoms with Crippen molar-refractivity contribution in [2.45, 2.75) is 13.0 Å². The Hall–Kier alpha value is -1.56. The molecule has 6 heteroatoms. The summed E-state index contributed by atoms with van der Waals surface area (Å²) in [6, 6.07) is 12.9. The van der Waals surface area contributed by atoms with Gasteiger partial charge < -0.3 is 15.4 Å². The summed E-state index contributed by atoms with van der Waals surface area (Å²) in [7, 11) is 1.63. The maximum Gasteiger partial charge on any atom is 0.238 e. The van der Waals surface area contributed by atoms with Crippen molar-refractivity contribution in [1.82, 2.24) is 5.32 Å². The Morgan fingerprint density at radius 3 is 2.74 bits per heavy atom. The Bertz CT molecular complexity index is 694. The van der Waals surface area contributed by atoms with Gasteiger partial charge in [0.1, 0.15) is 5.75 Å². The largest absolute Gasteiger partial charge is 0.496 e. The second kappa shape index (κ2) is 8.34. The second-order valence-corrected chi connectivity index (χ2v) is 6.35. The molecule has 0 saturated heterocycles. The van der Waals surface area contributed by atoms with Gasteiger partial charge in [0, 0.05) is 16.8 Å². The first kappa shape index (κ1) is 17.8. The zero-order valence-electron chi connectivity index (χ0n) is 12.9. The van der Waals surface area contributed by atoms with Crippen molar-refractivity contribution in [3.05, 3.63) is 57.5 Å².